The van der Waals surface area contributed by atoms with Gasteiger partial charge in [-0.2, -0.15) is 0 Å². The van der Waals surface area contributed by atoms with E-state index < -0.39 is 11.5 Å². The maximum atomic E-state index is 11.1. The largest absolute Gasteiger partial charge is 0.480 e. The second-order valence-corrected chi connectivity index (χ2v) is 3.72. The average molecular weight is 211 g/mol. The van der Waals surface area contributed by atoms with Gasteiger partial charge in [0.1, 0.15) is 5.54 Å². The third-order valence-corrected chi connectivity index (χ3v) is 2.47. The lowest BCUT2D eigenvalue weighted by Gasteiger charge is -2.25. The highest BCUT2D eigenvalue weighted by atomic mass is 16.4. The second-order valence-electron chi connectivity index (χ2n) is 3.72. The minimum Gasteiger partial charge on any atom is -0.480 e. The molecule has 84 valence electrons. The van der Waals surface area contributed by atoms with Crippen molar-refractivity contribution in [2.75, 3.05) is 6.54 Å². The fourth-order valence-electron chi connectivity index (χ4n) is 1.43. The molecule has 1 aromatic rings. The fourth-order valence-corrected chi connectivity index (χ4v) is 1.43. The Morgan fingerprint density at radius 3 is 2.87 bits per heavy atom. The number of hydrogen-bond donors (Lipinski definition) is 2. The van der Waals surface area contributed by atoms with Gasteiger partial charge in [0.15, 0.2) is 0 Å². The highest BCUT2D eigenvalue weighted by molar-refractivity contribution is 5.78. The Hall–Kier alpha value is -1.36. The third-order valence-electron chi connectivity index (χ3n) is 2.47. The van der Waals surface area contributed by atoms with Crippen molar-refractivity contribution in [1.29, 1.82) is 0 Å². The molecule has 1 aromatic heterocycles. The van der Waals surface area contributed by atoms with Gasteiger partial charge in [0.25, 0.3) is 0 Å². The Morgan fingerprint density at radius 2 is 2.40 bits per heavy atom. The summed E-state index contributed by atoms with van der Waals surface area (Å²) in [6.07, 6.45) is 5.74. The van der Waals surface area contributed by atoms with E-state index in [4.69, 9.17) is 5.11 Å². The van der Waals surface area contributed by atoms with Crippen LogP contribution in [-0.2, 0) is 11.3 Å². The minimum absolute atomic E-state index is 0.534. The van der Waals surface area contributed by atoms with E-state index in [1.807, 2.05) is 17.7 Å². The summed E-state index contributed by atoms with van der Waals surface area (Å²) in [7, 11) is 0. The molecule has 1 rings (SSSR count). The van der Waals surface area contributed by atoms with Crippen LogP contribution >= 0.6 is 0 Å². The van der Waals surface area contributed by atoms with Crippen molar-refractivity contribution < 1.29 is 9.90 Å². The molecule has 0 aliphatic carbocycles. The average Bonchev–Trinajstić information content (AvgIpc) is 2.67. The maximum absolute atomic E-state index is 11.1. The minimum atomic E-state index is -0.862. The number of imidazole rings is 1. The molecule has 0 saturated heterocycles. The Morgan fingerprint density at radius 1 is 1.67 bits per heavy atom. The highest BCUT2D eigenvalue weighted by Gasteiger charge is 2.31. The van der Waals surface area contributed by atoms with Crippen LogP contribution in [0.15, 0.2) is 18.7 Å². The van der Waals surface area contributed by atoms with Gasteiger partial charge in [-0.25, -0.2) is 4.98 Å². The lowest BCUT2D eigenvalue weighted by Crippen LogP contribution is -2.50. The van der Waals surface area contributed by atoms with E-state index in [2.05, 4.69) is 10.3 Å². The van der Waals surface area contributed by atoms with Gasteiger partial charge in [-0.1, -0.05) is 6.92 Å². The van der Waals surface area contributed by atoms with Gasteiger partial charge in [-0.15, -0.1) is 0 Å². The number of likely N-dealkylation sites (N-methyl/N-ethyl adjacent to an activating group) is 1. The number of nitrogens with zero attached hydrogens (tertiary/aromatic N) is 2. The highest BCUT2D eigenvalue weighted by Crippen LogP contribution is 2.11. The van der Waals surface area contributed by atoms with Crippen LogP contribution in [0.4, 0.5) is 0 Å². The molecular weight excluding hydrogens is 194 g/mol. The summed E-state index contributed by atoms with van der Waals surface area (Å²) in [4.78, 5) is 15.0. The first-order chi connectivity index (χ1) is 7.08. The Labute approximate surface area is 89.1 Å². The zero-order valence-corrected chi connectivity index (χ0v) is 9.10. The molecule has 0 spiro atoms. The molecule has 1 unspecified atom stereocenters. The number of hydrogen-bond acceptors (Lipinski definition) is 3. The Bertz CT molecular complexity index is 310. The Kier molecular flexibility index (Phi) is 3.85. The SMILES string of the molecule is CCNC(C)(CCn1ccnc1)C(=O)O. The number of carboxylic acid groups (broad SMARTS) is 1. The van der Waals surface area contributed by atoms with E-state index in [1.54, 1.807) is 19.4 Å². The molecule has 0 amide bonds. The number of carbonyl (C=O) groups is 1. The van der Waals surface area contributed by atoms with Crippen molar-refractivity contribution in [3.63, 3.8) is 0 Å². The fraction of sp³-hybridized carbons (Fsp3) is 0.600. The van der Waals surface area contributed by atoms with Crippen LogP contribution in [0.25, 0.3) is 0 Å². The number of rotatable bonds is 6. The van der Waals surface area contributed by atoms with E-state index in [9.17, 15) is 4.79 Å². The maximum Gasteiger partial charge on any atom is 0.323 e. The van der Waals surface area contributed by atoms with Crippen LogP contribution in [0.5, 0.6) is 0 Å². The molecule has 1 heterocycles. The van der Waals surface area contributed by atoms with E-state index in [0.29, 0.717) is 19.5 Å². The van der Waals surface area contributed by atoms with Gasteiger partial charge < -0.3 is 15.0 Å². The number of aliphatic carboxylic acids is 1. The molecule has 15 heavy (non-hydrogen) atoms. The quantitative estimate of drug-likeness (QED) is 0.727. The normalized spacial score (nSPS) is 14.8. The predicted molar refractivity (Wildman–Crippen MR) is 56.6 cm³/mol. The van der Waals surface area contributed by atoms with E-state index in [0.717, 1.165) is 0 Å². The zero-order valence-electron chi connectivity index (χ0n) is 9.10. The Balaban J connectivity index is 2.56. The smallest absolute Gasteiger partial charge is 0.323 e. The summed E-state index contributed by atoms with van der Waals surface area (Å²) in [6.45, 7) is 4.90. The van der Waals surface area contributed by atoms with E-state index in [-0.39, 0.29) is 0 Å². The molecule has 1 atom stereocenters. The van der Waals surface area contributed by atoms with Crippen LogP contribution in [0, 0.1) is 0 Å². The number of aromatic nitrogens is 2. The topological polar surface area (TPSA) is 67.2 Å². The predicted octanol–water partition coefficient (Wildman–Crippen LogP) is 0.726. The molecule has 0 radical (unpaired) electrons. The van der Waals surface area contributed by atoms with Gasteiger partial charge in [0.05, 0.1) is 6.33 Å². The molecule has 0 aromatic carbocycles. The summed E-state index contributed by atoms with van der Waals surface area (Å²) < 4.78 is 1.87. The number of nitrogens with one attached hydrogen (secondary N) is 1. The molecule has 5 heteroatoms. The monoisotopic (exact) mass is 211 g/mol. The van der Waals surface area contributed by atoms with Crippen LogP contribution in [0.1, 0.15) is 20.3 Å². The van der Waals surface area contributed by atoms with Crippen LogP contribution in [-0.4, -0.2) is 32.7 Å². The summed E-state index contributed by atoms with van der Waals surface area (Å²) in [5.74, 6) is -0.815. The molecule has 0 bridgehead atoms. The second kappa shape index (κ2) is 4.93. The zero-order chi connectivity index (χ0) is 11.3. The van der Waals surface area contributed by atoms with Crippen molar-refractivity contribution in [1.82, 2.24) is 14.9 Å². The first kappa shape index (κ1) is 11.7. The lowest BCUT2D eigenvalue weighted by molar-refractivity contribution is -0.144. The van der Waals surface area contributed by atoms with Crippen LogP contribution < -0.4 is 5.32 Å². The number of carboxylic acids is 1. The third kappa shape index (κ3) is 3.06. The van der Waals surface area contributed by atoms with Gasteiger partial charge in [-0.05, 0) is 19.9 Å². The first-order valence-corrected chi connectivity index (χ1v) is 5.02. The van der Waals surface area contributed by atoms with Gasteiger partial charge in [0.2, 0.25) is 0 Å². The molecule has 0 aliphatic heterocycles. The van der Waals surface area contributed by atoms with E-state index >= 15 is 0 Å². The molecule has 2 N–H and O–H groups in total. The first-order valence-electron chi connectivity index (χ1n) is 5.02. The lowest BCUT2D eigenvalue weighted by atomic mass is 9.98. The summed E-state index contributed by atoms with van der Waals surface area (Å²) in [5.41, 5.74) is -0.862. The molecule has 0 aliphatic rings. The van der Waals surface area contributed by atoms with Crippen molar-refractivity contribution in [3.8, 4) is 0 Å². The summed E-state index contributed by atoms with van der Waals surface area (Å²) in [5, 5.41) is 12.1. The van der Waals surface area contributed by atoms with E-state index in [1.165, 1.54) is 0 Å². The molecular formula is C10H17N3O2. The summed E-state index contributed by atoms with van der Waals surface area (Å²) >= 11 is 0. The van der Waals surface area contributed by atoms with Gasteiger partial charge >= 0.3 is 5.97 Å². The van der Waals surface area contributed by atoms with Crippen LogP contribution in [0.3, 0.4) is 0 Å². The molecule has 0 saturated carbocycles. The van der Waals surface area contributed by atoms with Gasteiger partial charge in [-0.3, -0.25) is 4.79 Å². The van der Waals surface area contributed by atoms with Crippen LogP contribution in [0.2, 0.25) is 0 Å². The van der Waals surface area contributed by atoms with Crippen molar-refractivity contribution in [3.05, 3.63) is 18.7 Å². The molecule has 5 nitrogen and oxygen atoms in total. The van der Waals surface area contributed by atoms with Gasteiger partial charge in [0, 0.05) is 18.9 Å². The standard InChI is InChI=1S/C10H17N3O2/c1-3-12-10(2,9(14)15)4-6-13-7-5-11-8-13/h5,7-8,12H,3-4,6H2,1-2H3,(H,14,15). The summed E-state index contributed by atoms with van der Waals surface area (Å²) in [6, 6.07) is 0. The molecule has 0 fully saturated rings. The van der Waals surface area contributed by atoms with Crippen molar-refractivity contribution in [2.24, 2.45) is 0 Å². The number of aryl methyl sites for hydroxylation is 1. The van der Waals surface area contributed by atoms with Crippen molar-refractivity contribution in [2.45, 2.75) is 32.4 Å². The van der Waals surface area contributed by atoms with Crippen molar-refractivity contribution >= 4 is 5.97 Å².